The lowest BCUT2D eigenvalue weighted by molar-refractivity contribution is -0.384. The molecule has 0 amide bonds. The second-order valence-corrected chi connectivity index (χ2v) is 11.7. The lowest BCUT2D eigenvalue weighted by Crippen LogP contribution is -2.52. The predicted octanol–water partition coefficient (Wildman–Crippen LogP) is 4.82. The summed E-state index contributed by atoms with van der Waals surface area (Å²) >= 11 is 7.20. The number of nitrogens with zero attached hydrogens (tertiary/aromatic N) is 3. The first kappa shape index (κ1) is 34.0. The average Bonchev–Trinajstić information content (AvgIpc) is 3.11. The number of carboxylic acids is 2. The third-order valence-electron chi connectivity index (χ3n) is 7.22. The number of carboxylic acid groups (broad SMARTS) is 2. The topological polar surface area (TPSA) is 177 Å². The van der Waals surface area contributed by atoms with E-state index >= 15 is 4.79 Å². The number of esters is 1. The Morgan fingerprint density at radius 2 is 1.78 bits per heavy atom. The molecule has 13 nitrogen and oxygen atoms in total. The zero-order valence-electron chi connectivity index (χ0n) is 24.7. The number of halogens is 1. The number of carbonyl (C=O) groups excluding carboxylic acids is 2. The van der Waals surface area contributed by atoms with Crippen LogP contribution in [-0.4, -0.2) is 77.7 Å². The lowest BCUT2D eigenvalue weighted by Gasteiger charge is -2.37. The Balaban J connectivity index is 2.01. The highest BCUT2D eigenvalue weighted by atomic mass is 35.5. The Morgan fingerprint density at radius 1 is 1.11 bits per heavy atom. The molecule has 46 heavy (non-hydrogen) atoms. The Labute approximate surface area is 272 Å². The molecule has 1 heterocycles. The van der Waals surface area contributed by atoms with Crippen LogP contribution in [0.5, 0.6) is 5.75 Å². The van der Waals surface area contributed by atoms with Crippen LogP contribution in [0.4, 0.5) is 11.4 Å². The summed E-state index contributed by atoms with van der Waals surface area (Å²) in [6, 6.07) is 15.9. The number of fused-ring (bicyclic) bond motifs is 1. The third kappa shape index (κ3) is 6.83. The number of carbonyl (C=O) groups is 4. The summed E-state index contributed by atoms with van der Waals surface area (Å²) in [5.41, 5.74) is -2.99. The number of hydrogen-bond donors (Lipinski definition) is 2. The molecule has 0 aliphatic carbocycles. The van der Waals surface area contributed by atoms with Gasteiger partial charge >= 0.3 is 17.9 Å². The first-order chi connectivity index (χ1) is 21.8. The minimum atomic E-state index is -2.14. The molecule has 0 saturated carbocycles. The molecule has 2 unspecified atom stereocenters. The van der Waals surface area contributed by atoms with Gasteiger partial charge in [0.15, 0.2) is 0 Å². The highest BCUT2D eigenvalue weighted by molar-refractivity contribution is 8.00. The van der Waals surface area contributed by atoms with E-state index in [1.165, 1.54) is 17.5 Å². The van der Waals surface area contributed by atoms with Gasteiger partial charge in [0.25, 0.3) is 5.69 Å². The number of benzene rings is 3. The predicted molar refractivity (Wildman–Crippen MR) is 168 cm³/mol. The highest BCUT2D eigenvalue weighted by Crippen LogP contribution is 2.49. The van der Waals surface area contributed by atoms with Crippen molar-refractivity contribution >= 4 is 58.6 Å². The molecule has 0 bridgehead atoms. The van der Waals surface area contributed by atoms with Gasteiger partial charge < -0.3 is 24.6 Å². The van der Waals surface area contributed by atoms with Gasteiger partial charge in [0.1, 0.15) is 5.75 Å². The Bertz CT molecular complexity index is 1730. The van der Waals surface area contributed by atoms with E-state index in [1.54, 1.807) is 61.5 Å². The molecule has 3 aromatic carbocycles. The van der Waals surface area contributed by atoms with E-state index in [9.17, 15) is 34.7 Å². The second kappa shape index (κ2) is 14.0. The number of Topliss-reactive ketones (excluding diaryl/α,β-unsaturated/α-hetero) is 1. The zero-order valence-corrected chi connectivity index (χ0v) is 26.3. The van der Waals surface area contributed by atoms with E-state index in [0.717, 1.165) is 30.1 Å². The minimum absolute atomic E-state index is 0.131. The van der Waals surface area contributed by atoms with E-state index in [1.807, 2.05) is 0 Å². The van der Waals surface area contributed by atoms with Crippen molar-refractivity contribution in [2.45, 2.75) is 23.0 Å². The van der Waals surface area contributed by atoms with Crippen molar-refractivity contribution in [3.05, 3.63) is 105 Å². The molecule has 0 radical (unpaired) electrons. The number of ether oxygens (including phenoxy) is 2. The maximum absolute atomic E-state index is 15.1. The number of nitro benzene ring substituents is 1. The molecule has 2 N–H and O–H groups in total. The lowest BCUT2D eigenvalue weighted by atomic mass is 9.67. The van der Waals surface area contributed by atoms with Crippen molar-refractivity contribution in [1.29, 1.82) is 0 Å². The van der Waals surface area contributed by atoms with E-state index in [4.69, 9.17) is 21.1 Å². The van der Waals surface area contributed by atoms with Gasteiger partial charge in [-0.15, -0.1) is 0 Å². The first-order valence-corrected chi connectivity index (χ1v) is 14.7. The Kier molecular flexibility index (Phi) is 10.4. The number of methoxy groups -OCH3 is 1. The summed E-state index contributed by atoms with van der Waals surface area (Å²) in [5.74, 6) is -4.84. The van der Waals surface area contributed by atoms with Gasteiger partial charge in [0.2, 0.25) is 12.0 Å². The zero-order chi connectivity index (χ0) is 33.8. The van der Waals surface area contributed by atoms with Crippen LogP contribution in [0.1, 0.15) is 22.3 Å². The van der Waals surface area contributed by atoms with Crippen LogP contribution in [0.25, 0.3) is 0 Å². The molecule has 1 aliphatic heterocycles. The molecular weight excluding hydrogens is 642 g/mol. The van der Waals surface area contributed by atoms with Crippen LogP contribution >= 0.6 is 23.5 Å². The standard InChI is InChI=1S/C31H28ClN3O10S/c1-33(2)15-14-31(23(29(39)40)17-26(36)37)22-6-4-5-7-25(22)46-34(18-8-11-20(44-3)12-9-18)28(27(31)38)45-30(41)21-13-10-19(35(42)43)16-24(21)32/h4-13,16-17,28H,14-15H2,1-3H3,(H,36,37)(H,39,40)/b23-17-. The largest absolute Gasteiger partial charge is 0.497 e. The number of hydrogen-bond acceptors (Lipinski definition) is 11. The normalized spacial score (nSPS) is 18.0. The maximum atomic E-state index is 15.1. The van der Waals surface area contributed by atoms with Crippen LogP contribution in [0, 0.1) is 10.1 Å². The van der Waals surface area contributed by atoms with Gasteiger partial charge in [-0.1, -0.05) is 29.8 Å². The summed E-state index contributed by atoms with van der Waals surface area (Å²) < 4.78 is 12.5. The summed E-state index contributed by atoms with van der Waals surface area (Å²) in [7, 11) is 4.87. The summed E-state index contributed by atoms with van der Waals surface area (Å²) in [5, 5.41) is 31.1. The van der Waals surface area contributed by atoms with Gasteiger partial charge in [-0.25, -0.2) is 14.4 Å². The first-order valence-electron chi connectivity index (χ1n) is 13.5. The minimum Gasteiger partial charge on any atom is -0.497 e. The smallest absolute Gasteiger partial charge is 0.341 e. The van der Waals surface area contributed by atoms with E-state index in [-0.39, 0.29) is 34.8 Å². The van der Waals surface area contributed by atoms with E-state index < -0.39 is 45.8 Å². The fourth-order valence-corrected chi connectivity index (χ4v) is 6.43. The number of aliphatic carboxylic acids is 2. The van der Waals surface area contributed by atoms with Gasteiger partial charge in [0, 0.05) is 23.1 Å². The van der Waals surface area contributed by atoms with Gasteiger partial charge in [-0.3, -0.25) is 19.2 Å². The molecule has 0 saturated heterocycles. The number of ketones is 1. The highest BCUT2D eigenvalue weighted by Gasteiger charge is 2.55. The van der Waals surface area contributed by atoms with Crippen LogP contribution in [0.3, 0.4) is 0 Å². The molecule has 0 spiro atoms. The Morgan fingerprint density at radius 3 is 2.35 bits per heavy atom. The molecule has 2 atom stereocenters. The molecule has 0 aromatic heterocycles. The van der Waals surface area contributed by atoms with Gasteiger partial charge in [0.05, 0.1) is 39.3 Å². The molecule has 15 heteroatoms. The molecule has 1 aliphatic rings. The second-order valence-electron chi connectivity index (χ2n) is 10.3. The third-order valence-corrected chi connectivity index (χ3v) is 8.69. The monoisotopic (exact) mass is 669 g/mol. The molecule has 3 aromatic rings. The van der Waals surface area contributed by atoms with E-state index in [0.29, 0.717) is 22.4 Å². The summed E-state index contributed by atoms with van der Waals surface area (Å²) in [6.45, 7) is 0.131. The van der Waals surface area contributed by atoms with Crippen molar-refractivity contribution < 1.29 is 43.8 Å². The quantitative estimate of drug-likeness (QED) is 0.0934. The molecule has 4 rings (SSSR count). The van der Waals surface area contributed by atoms with Crippen molar-refractivity contribution in [3.8, 4) is 5.75 Å². The van der Waals surface area contributed by atoms with Crippen molar-refractivity contribution in [3.63, 3.8) is 0 Å². The van der Waals surface area contributed by atoms with Crippen LogP contribution in [0.15, 0.2) is 83.3 Å². The number of anilines is 1. The molecule has 0 fully saturated rings. The molecular formula is C31H28ClN3O10S. The molecule has 240 valence electrons. The van der Waals surface area contributed by atoms with Crippen LogP contribution in [0.2, 0.25) is 5.02 Å². The summed E-state index contributed by atoms with van der Waals surface area (Å²) in [4.78, 5) is 66.2. The average molecular weight is 670 g/mol. The fraction of sp³-hybridized carbons (Fsp3) is 0.226. The van der Waals surface area contributed by atoms with Crippen molar-refractivity contribution in [2.75, 3.05) is 32.1 Å². The van der Waals surface area contributed by atoms with Crippen LogP contribution in [-0.2, 0) is 24.5 Å². The maximum Gasteiger partial charge on any atom is 0.341 e. The van der Waals surface area contributed by atoms with Gasteiger partial charge in [-0.2, -0.15) is 0 Å². The SMILES string of the molecule is COc1ccc(N2Sc3ccccc3C(CCN(C)C)(/C(=C\C(=O)O)C(=O)O)C(=O)C2OC(=O)c2ccc([N+](=O)[O-])cc2Cl)cc1. The number of non-ortho nitro benzene ring substituents is 1. The van der Waals surface area contributed by atoms with Gasteiger partial charge in [-0.05, 0) is 81.0 Å². The fourth-order valence-electron chi connectivity index (χ4n) is 5.02. The van der Waals surface area contributed by atoms with Crippen molar-refractivity contribution in [1.82, 2.24) is 4.90 Å². The number of rotatable bonds is 11. The van der Waals surface area contributed by atoms with Crippen molar-refractivity contribution in [2.24, 2.45) is 0 Å². The van der Waals surface area contributed by atoms with Crippen LogP contribution < -0.4 is 9.04 Å². The van der Waals surface area contributed by atoms with E-state index in [2.05, 4.69) is 0 Å². The Hall–Kier alpha value is -4.92. The number of nitro groups is 1. The summed E-state index contributed by atoms with van der Waals surface area (Å²) in [6.07, 6.45) is -1.58.